The van der Waals surface area contributed by atoms with Crippen LogP contribution < -0.4 is 0 Å². The first-order valence-corrected chi connectivity index (χ1v) is 24.1. The average molecular weight is 973 g/mol. The van der Waals surface area contributed by atoms with E-state index in [9.17, 15) is 29.7 Å². The first-order chi connectivity index (χ1) is 33.8. The highest BCUT2D eigenvalue weighted by atomic mass is 16.8. The van der Waals surface area contributed by atoms with Gasteiger partial charge in [-0.2, -0.15) is 0 Å². The number of ether oxygens (including phenoxy) is 7. The van der Waals surface area contributed by atoms with Gasteiger partial charge in [-0.15, -0.1) is 0 Å². The monoisotopic (exact) mass is 972 g/mol. The summed E-state index contributed by atoms with van der Waals surface area (Å²) in [6, 6.07) is 25.4. The lowest BCUT2D eigenvalue weighted by atomic mass is 9.97. The molecule has 3 heterocycles. The molecule has 2 saturated heterocycles. The number of aryl methyl sites for hydroxylation is 4. The molecular formula is C58H68O13. The van der Waals surface area contributed by atoms with Gasteiger partial charge in [-0.1, -0.05) is 108 Å². The van der Waals surface area contributed by atoms with Gasteiger partial charge in [0.15, 0.2) is 17.9 Å². The van der Waals surface area contributed by atoms with Gasteiger partial charge in [0.25, 0.3) is 0 Å². The number of carbonyl (C=O) groups is 3. The number of aliphatic hydroxyl groups excluding tert-OH is 2. The normalized spacial score (nSPS) is 24.1. The Bertz CT molecular complexity index is 2560. The molecule has 0 saturated carbocycles. The van der Waals surface area contributed by atoms with Crippen molar-refractivity contribution in [3.63, 3.8) is 0 Å². The molecule has 0 aliphatic carbocycles. The van der Waals surface area contributed by atoms with Crippen LogP contribution in [0.15, 0.2) is 121 Å². The minimum atomic E-state index is -1.03. The number of benzene rings is 4. The Morgan fingerprint density at radius 1 is 0.789 bits per heavy atom. The Hall–Kier alpha value is -6.03. The molecule has 5 unspecified atom stereocenters. The zero-order chi connectivity index (χ0) is 51.3. The zero-order valence-corrected chi connectivity index (χ0v) is 41.9. The lowest BCUT2D eigenvalue weighted by Crippen LogP contribution is -2.37. The maximum absolute atomic E-state index is 12.9. The van der Waals surface area contributed by atoms with Gasteiger partial charge in [0, 0.05) is 12.2 Å². The summed E-state index contributed by atoms with van der Waals surface area (Å²) in [6.07, 6.45) is 12.4. The molecule has 71 heavy (non-hydrogen) atoms. The van der Waals surface area contributed by atoms with E-state index in [1.54, 1.807) is 87.5 Å². The molecule has 3 aliphatic rings. The summed E-state index contributed by atoms with van der Waals surface area (Å²) < 4.78 is 42.2. The van der Waals surface area contributed by atoms with E-state index in [2.05, 4.69) is 0 Å². The van der Waals surface area contributed by atoms with Gasteiger partial charge in [-0.25, -0.2) is 14.4 Å². The van der Waals surface area contributed by atoms with Crippen molar-refractivity contribution in [2.45, 2.75) is 136 Å². The first-order valence-electron chi connectivity index (χ1n) is 24.1. The number of hydrogen-bond donors (Lipinski definition) is 3. The Morgan fingerprint density at radius 2 is 1.44 bits per heavy atom. The number of carboxylic acid groups (broad SMARTS) is 1. The van der Waals surface area contributed by atoms with Crippen molar-refractivity contribution in [1.82, 2.24) is 0 Å². The molecule has 7 atom stereocenters. The SMILES string of the molecule is Cc1cc(C)c(C(=O)O)c(/C=C/C[C@@H]2OC(C)(C)OC2C(/C=C\CCO)OC(=O)c2ccccc2)c1.Cc1cc(C)c2c(c1)/C=C/C[C@@H]1OC(C)(C)OC1C(OC(=O)c1ccccc1)/C=C\CCOC2O. The Kier molecular flexibility index (Phi) is 19.0. The number of hydrogen-bond acceptors (Lipinski definition) is 12. The molecule has 0 amide bonds. The van der Waals surface area contributed by atoms with Crippen molar-refractivity contribution in [2.75, 3.05) is 13.2 Å². The predicted molar refractivity (Wildman–Crippen MR) is 271 cm³/mol. The second kappa shape index (κ2) is 24.9. The fourth-order valence-corrected chi connectivity index (χ4v) is 9.05. The number of aromatic carboxylic acids is 1. The van der Waals surface area contributed by atoms with Crippen molar-refractivity contribution < 1.29 is 62.9 Å². The standard InChI is InChI=1S/C29H34O7.C29H34O6/c1-19-17-20(2)25(27(31)32)22(18-19)13-10-15-24-26(36-29(3,4)35-24)23(14-8-9-16-30)34-28(33)21-11-6-5-7-12-21;1-19-17-20(2)25-22(18-19)13-10-15-24-26(35-29(3,4)34-24)23(14-8-9-16-32-28(25)31)33-27(30)21-11-6-5-7-12-21/h5-8,10-14,17-18,23-24,26,30H,9,15-16H2,1-4H3,(H,31,32);5-8,10-14,17-18,23-24,26,28,31H,9,15-16H2,1-4H3/b2*13-10+,14-8-/t23?,24-,26?;23?,24-,26?,28?/m00/s1. The number of carbonyl (C=O) groups excluding carboxylic acids is 2. The van der Waals surface area contributed by atoms with Crippen molar-refractivity contribution in [3.8, 4) is 0 Å². The molecule has 0 radical (unpaired) electrons. The quantitative estimate of drug-likeness (QED) is 0.0904. The first kappa shape index (κ1) is 54.3. The fourth-order valence-electron chi connectivity index (χ4n) is 9.05. The second-order valence-electron chi connectivity index (χ2n) is 18.8. The Morgan fingerprint density at radius 3 is 2.11 bits per heavy atom. The van der Waals surface area contributed by atoms with Crippen LogP contribution in [-0.4, -0.2) is 94.6 Å². The van der Waals surface area contributed by atoms with E-state index in [0.717, 1.165) is 27.8 Å². The maximum Gasteiger partial charge on any atom is 0.338 e. The molecular weight excluding hydrogens is 905 g/mol. The summed E-state index contributed by atoms with van der Waals surface area (Å²) in [6.45, 7) is 15.3. The van der Waals surface area contributed by atoms with Gasteiger partial charge in [0.2, 0.25) is 0 Å². The van der Waals surface area contributed by atoms with Gasteiger partial charge in [-0.05, 0) is 140 Å². The van der Waals surface area contributed by atoms with Crippen LogP contribution in [0.5, 0.6) is 0 Å². The molecule has 3 aliphatic heterocycles. The third kappa shape index (κ3) is 15.2. The molecule has 4 aromatic rings. The maximum atomic E-state index is 12.9. The zero-order valence-electron chi connectivity index (χ0n) is 41.9. The lowest BCUT2D eigenvalue weighted by Gasteiger charge is -2.24. The number of rotatable bonds is 12. The van der Waals surface area contributed by atoms with Crippen molar-refractivity contribution in [2.24, 2.45) is 0 Å². The minimum absolute atomic E-state index is 0.0304. The van der Waals surface area contributed by atoms with Crippen LogP contribution >= 0.6 is 0 Å². The van der Waals surface area contributed by atoms with Crippen LogP contribution in [0.25, 0.3) is 12.2 Å². The number of esters is 2. The van der Waals surface area contributed by atoms with E-state index in [0.29, 0.717) is 54.5 Å². The summed E-state index contributed by atoms with van der Waals surface area (Å²) >= 11 is 0. The minimum Gasteiger partial charge on any atom is -0.478 e. The lowest BCUT2D eigenvalue weighted by molar-refractivity contribution is -0.153. The highest BCUT2D eigenvalue weighted by molar-refractivity contribution is 5.94. The van der Waals surface area contributed by atoms with Gasteiger partial charge in [-0.3, -0.25) is 0 Å². The Labute approximate surface area is 417 Å². The molecule has 0 aromatic heterocycles. The summed E-state index contributed by atoms with van der Waals surface area (Å²) in [7, 11) is 0. The third-order valence-electron chi connectivity index (χ3n) is 12.0. The molecule has 0 bridgehead atoms. The molecule has 13 heteroatoms. The van der Waals surface area contributed by atoms with Gasteiger partial charge in [0.1, 0.15) is 24.4 Å². The topological polar surface area (TPSA) is 177 Å². The van der Waals surface area contributed by atoms with E-state index in [-0.39, 0.29) is 18.3 Å². The van der Waals surface area contributed by atoms with Crippen LogP contribution in [-0.2, 0) is 33.2 Å². The molecule has 13 nitrogen and oxygen atoms in total. The smallest absolute Gasteiger partial charge is 0.338 e. The van der Waals surface area contributed by atoms with Gasteiger partial charge in [0.05, 0.1) is 35.5 Å². The molecule has 4 aromatic carbocycles. The highest BCUT2D eigenvalue weighted by Gasteiger charge is 2.46. The van der Waals surface area contributed by atoms with E-state index in [1.165, 1.54) is 0 Å². The average Bonchev–Trinajstić information content (AvgIpc) is 3.80. The number of fused-ring (bicyclic) bond motifs is 2. The summed E-state index contributed by atoms with van der Waals surface area (Å²) in [5.41, 5.74) is 7.20. The van der Waals surface area contributed by atoms with Crippen molar-refractivity contribution in [1.29, 1.82) is 0 Å². The van der Waals surface area contributed by atoms with E-state index >= 15 is 0 Å². The van der Waals surface area contributed by atoms with Crippen molar-refractivity contribution >= 4 is 30.1 Å². The van der Waals surface area contributed by atoms with Crippen LogP contribution in [0.2, 0.25) is 0 Å². The molecule has 3 N–H and O–H groups in total. The summed E-state index contributed by atoms with van der Waals surface area (Å²) in [4.78, 5) is 37.5. The van der Waals surface area contributed by atoms with Gasteiger partial charge < -0.3 is 48.5 Å². The third-order valence-corrected chi connectivity index (χ3v) is 12.0. The summed E-state index contributed by atoms with van der Waals surface area (Å²) in [5.74, 6) is -3.60. The fraction of sp³-hybridized carbons (Fsp3) is 0.397. The van der Waals surface area contributed by atoms with E-state index in [1.807, 2.05) is 101 Å². The predicted octanol–water partition coefficient (Wildman–Crippen LogP) is 10.5. The number of aliphatic hydroxyl groups is 2. The molecule has 2 fully saturated rings. The van der Waals surface area contributed by atoms with Crippen molar-refractivity contribution in [3.05, 3.63) is 177 Å². The van der Waals surface area contributed by atoms with Crippen LogP contribution in [0.3, 0.4) is 0 Å². The van der Waals surface area contributed by atoms with Crippen LogP contribution in [0.4, 0.5) is 0 Å². The Balaban J connectivity index is 0.000000232. The molecule has 0 spiro atoms. The van der Waals surface area contributed by atoms with E-state index in [4.69, 9.17) is 33.2 Å². The summed E-state index contributed by atoms with van der Waals surface area (Å²) in [5, 5.41) is 29.6. The largest absolute Gasteiger partial charge is 0.478 e. The molecule has 7 rings (SSSR count). The van der Waals surface area contributed by atoms with Gasteiger partial charge >= 0.3 is 17.9 Å². The molecule has 378 valence electrons. The highest BCUT2D eigenvalue weighted by Crippen LogP contribution is 2.36. The number of carboxylic acids is 1. The van der Waals surface area contributed by atoms with E-state index < -0.39 is 66.3 Å². The second-order valence-corrected chi connectivity index (χ2v) is 18.8. The van der Waals surface area contributed by atoms with Crippen LogP contribution in [0, 0.1) is 27.7 Å². The van der Waals surface area contributed by atoms with Crippen LogP contribution in [0.1, 0.15) is 130 Å².